The maximum absolute atomic E-state index is 6.40. The number of fused-ring (bicyclic) bond motifs is 2. The first-order valence-electron chi connectivity index (χ1n) is 9.69. The normalized spacial score (nSPS) is 28.7. The van der Waals surface area contributed by atoms with Gasteiger partial charge in [0.25, 0.3) is 0 Å². The Labute approximate surface area is 166 Å². The summed E-state index contributed by atoms with van der Waals surface area (Å²) < 4.78 is 0. The molecular weight excluding hydrogens is 379 g/mol. The Morgan fingerprint density at radius 2 is 1.16 bits per heavy atom. The zero-order chi connectivity index (χ0) is 17.2. The van der Waals surface area contributed by atoms with Crippen LogP contribution < -0.4 is 0 Å². The average molecular weight is 406 g/mol. The third-order valence-electron chi connectivity index (χ3n) is 6.68. The van der Waals surface area contributed by atoms with Crippen molar-refractivity contribution in [2.24, 2.45) is 11.8 Å². The molecule has 2 bridgehead atoms. The van der Waals surface area contributed by atoms with E-state index in [0.29, 0.717) is 0 Å². The summed E-state index contributed by atoms with van der Waals surface area (Å²) in [5, 5.41) is 1.95. The van der Waals surface area contributed by atoms with Gasteiger partial charge in [-0.05, 0) is 64.7 Å². The second-order valence-electron chi connectivity index (χ2n) is 7.92. The lowest BCUT2D eigenvalue weighted by atomic mass is 9.99. The standard InChI is InChI=1S/C21H26Cl2Si2/c22-18-7-3-1-5-16(18)12-24-20-14-9-10-15(11-14)21(20)25-13-17-6-2-4-8-19(17)23/h1-8,14-15,20-21H,9-13,24-25H2. The van der Waals surface area contributed by atoms with Crippen molar-refractivity contribution in [3.05, 3.63) is 69.7 Å². The lowest BCUT2D eigenvalue weighted by Gasteiger charge is -2.31. The maximum Gasteiger partial charge on any atom is 0.0434 e. The first-order valence-corrected chi connectivity index (χ1v) is 14.1. The molecule has 4 heteroatoms. The summed E-state index contributed by atoms with van der Waals surface area (Å²) in [6, 6.07) is 19.5. The predicted octanol–water partition coefficient (Wildman–Crippen LogP) is 5.04. The number of benzene rings is 2. The van der Waals surface area contributed by atoms with Crippen LogP contribution >= 0.6 is 23.2 Å². The molecule has 2 aromatic rings. The highest BCUT2D eigenvalue weighted by molar-refractivity contribution is 6.46. The van der Waals surface area contributed by atoms with Gasteiger partial charge < -0.3 is 0 Å². The van der Waals surface area contributed by atoms with Crippen LogP contribution in [-0.2, 0) is 12.1 Å². The Bertz CT molecular complexity index is 672. The van der Waals surface area contributed by atoms with Crippen molar-refractivity contribution in [3.63, 3.8) is 0 Å². The third-order valence-corrected chi connectivity index (χ3v) is 13.6. The monoisotopic (exact) mass is 404 g/mol. The summed E-state index contributed by atoms with van der Waals surface area (Å²) in [5.74, 6) is 2.09. The largest absolute Gasteiger partial charge is 0.0841 e. The lowest BCUT2D eigenvalue weighted by molar-refractivity contribution is 0.472. The van der Waals surface area contributed by atoms with E-state index in [4.69, 9.17) is 23.2 Å². The molecule has 0 heterocycles. The minimum absolute atomic E-state index is 0.0999. The van der Waals surface area contributed by atoms with Crippen molar-refractivity contribution in [2.45, 2.75) is 42.4 Å². The van der Waals surface area contributed by atoms with Gasteiger partial charge in [0.1, 0.15) is 0 Å². The van der Waals surface area contributed by atoms with Crippen molar-refractivity contribution in [1.82, 2.24) is 0 Å². The summed E-state index contributed by atoms with van der Waals surface area (Å²) in [6.07, 6.45) is 4.53. The molecule has 2 saturated carbocycles. The van der Waals surface area contributed by atoms with E-state index in [9.17, 15) is 0 Å². The maximum atomic E-state index is 6.40. The summed E-state index contributed by atoms with van der Waals surface area (Å²) in [7, 11) is -0.200. The van der Waals surface area contributed by atoms with E-state index < -0.39 is 0 Å². The smallest absolute Gasteiger partial charge is 0.0434 e. The van der Waals surface area contributed by atoms with Gasteiger partial charge in [-0.25, -0.2) is 0 Å². The van der Waals surface area contributed by atoms with Gasteiger partial charge in [0.05, 0.1) is 0 Å². The zero-order valence-corrected chi connectivity index (χ0v) is 19.0. The quantitative estimate of drug-likeness (QED) is 0.591. The van der Waals surface area contributed by atoms with Crippen LogP contribution in [0, 0.1) is 11.8 Å². The van der Waals surface area contributed by atoms with Gasteiger partial charge in [0, 0.05) is 29.1 Å². The molecule has 25 heavy (non-hydrogen) atoms. The van der Waals surface area contributed by atoms with Crippen molar-refractivity contribution < 1.29 is 0 Å². The van der Waals surface area contributed by atoms with Crippen molar-refractivity contribution in [3.8, 4) is 0 Å². The van der Waals surface area contributed by atoms with Crippen LogP contribution in [0.1, 0.15) is 30.4 Å². The molecule has 0 spiro atoms. The molecule has 2 aromatic carbocycles. The molecule has 0 amide bonds. The molecule has 0 nitrogen and oxygen atoms in total. The first-order chi connectivity index (χ1) is 12.2. The minimum Gasteiger partial charge on any atom is -0.0841 e. The van der Waals surface area contributed by atoms with E-state index >= 15 is 0 Å². The zero-order valence-electron chi connectivity index (χ0n) is 14.6. The lowest BCUT2D eigenvalue weighted by Crippen LogP contribution is -2.24. The van der Waals surface area contributed by atoms with Crippen LogP contribution in [-0.4, -0.2) is 19.0 Å². The number of hydrogen-bond acceptors (Lipinski definition) is 0. The number of halogens is 2. The molecule has 0 radical (unpaired) electrons. The number of rotatable bonds is 6. The Morgan fingerprint density at radius 3 is 1.60 bits per heavy atom. The second kappa shape index (κ2) is 8.00. The topological polar surface area (TPSA) is 0 Å². The second-order valence-corrected chi connectivity index (χ2v) is 12.8. The third kappa shape index (κ3) is 3.92. The average Bonchev–Trinajstić information content (AvgIpc) is 3.22. The van der Waals surface area contributed by atoms with Gasteiger partial charge in [-0.1, -0.05) is 72.4 Å². The highest BCUT2D eigenvalue weighted by atomic mass is 35.5. The molecule has 0 aliphatic heterocycles. The van der Waals surface area contributed by atoms with Crippen molar-refractivity contribution in [2.75, 3.05) is 0 Å². The summed E-state index contributed by atoms with van der Waals surface area (Å²) in [5.41, 5.74) is 4.93. The van der Waals surface area contributed by atoms with E-state index in [1.807, 2.05) is 12.1 Å². The van der Waals surface area contributed by atoms with Gasteiger partial charge in [-0.2, -0.15) is 0 Å². The minimum atomic E-state index is -0.0999. The molecule has 2 fully saturated rings. The van der Waals surface area contributed by atoms with Crippen molar-refractivity contribution >= 4 is 42.2 Å². The Balaban J connectivity index is 1.41. The fourth-order valence-electron chi connectivity index (χ4n) is 5.48. The summed E-state index contributed by atoms with van der Waals surface area (Å²) >= 11 is 12.8. The Kier molecular flexibility index (Phi) is 5.71. The SMILES string of the molecule is Clc1ccccc1C[SiH2]C1C2CCC(C2)C1[SiH2]Cc1ccccc1Cl. The Hall–Kier alpha value is -0.546. The van der Waals surface area contributed by atoms with Crippen LogP contribution in [0.2, 0.25) is 21.1 Å². The predicted molar refractivity (Wildman–Crippen MR) is 116 cm³/mol. The fraction of sp³-hybridized carbons (Fsp3) is 0.429. The molecule has 132 valence electrons. The van der Waals surface area contributed by atoms with Gasteiger partial charge in [-0.3, -0.25) is 0 Å². The van der Waals surface area contributed by atoms with E-state index in [2.05, 4.69) is 36.4 Å². The van der Waals surface area contributed by atoms with Crippen LogP contribution in [0.4, 0.5) is 0 Å². The summed E-state index contributed by atoms with van der Waals surface area (Å²) in [4.78, 5) is 0. The van der Waals surface area contributed by atoms with Gasteiger partial charge in [0.15, 0.2) is 0 Å². The molecule has 0 aromatic heterocycles. The van der Waals surface area contributed by atoms with E-state index in [0.717, 1.165) is 33.0 Å². The molecular formula is C21H26Cl2Si2. The van der Waals surface area contributed by atoms with Crippen LogP contribution in [0.15, 0.2) is 48.5 Å². The fourth-order valence-corrected chi connectivity index (χ4v) is 13.3. The summed E-state index contributed by atoms with van der Waals surface area (Å²) in [6.45, 7) is 0. The highest BCUT2D eigenvalue weighted by Gasteiger charge is 2.46. The van der Waals surface area contributed by atoms with Crippen LogP contribution in [0.3, 0.4) is 0 Å². The molecule has 0 N–H and O–H groups in total. The van der Waals surface area contributed by atoms with E-state index in [-0.39, 0.29) is 19.0 Å². The van der Waals surface area contributed by atoms with E-state index in [1.54, 1.807) is 0 Å². The van der Waals surface area contributed by atoms with Crippen LogP contribution in [0.25, 0.3) is 0 Å². The van der Waals surface area contributed by atoms with E-state index in [1.165, 1.54) is 42.5 Å². The van der Waals surface area contributed by atoms with Gasteiger partial charge in [-0.15, -0.1) is 0 Å². The van der Waals surface area contributed by atoms with Gasteiger partial charge >= 0.3 is 0 Å². The molecule has 4 rings (SSSR count). The number of hydrogen-bond donors (Lipinski definition) is 0. The molecule has 4 atom stereocenters. The molecule has 2 aliphatic rings. The highest BCUT2D eigenvalue weighted by Crippen LogP contribution is 2.58. The molecule has 0 saturated heterocycles. The molecule has 4 unspecified atom stereocenters. The van der Waals surface area contributed by atoms with Gasteiger partial charge in [0.2, 0.25) is 0 Å². The molecule has 2 aliphatic carbocycles. The first kappa shape index (κ1) is 17.8. The van der Waals surface area contributed by atoms with Crippen LogP contribution in [0.5, 0.6) is 0 Å². The Morgan fingerprint density at radius 1 is 0.720 bits per heavy atom. The van der Waals surface area contributed by atoms with Crippen molar-refractivity contribution in [1.29, 1.82) is 0 Å².